The van der Waals surface area contributed by atoms with Crippen LogP contribution in [0.25, 0.3) is 0 Å². The number of sulfonamides is 1. The molecule has 29 heavy (non-hydrogen) atoms. The van der Waals surface area contributed by atoms with Crippen molar-refractivity contribution in [3.05, 3.63) is 28.3 Å². The van der Waals surface area contributed by atoms with E-state index in [4.69, 9.17) is 0 Å². The molecule has 2 saturated carbocycles. The summed E-state index contributed by atoms with van der Waals surface area (Å²) < 4.78 is 28.6. The zero-order valence-electron chi connectivity index (χ0n) is 19.1. The molecular formula is C24H37NO3S. The normalized spacial score (nSPS) is 27.1. The molecule has 1 atom stereocenters. The summed E-state index contributed by atoms with van der Waals surface area (Å²) in [5, 5.41) is 0. The van der Waals surface area contributed by atoms with Crippen molar-refractivity contribution in [2.75, 3.05) is 0 Å². The van der Waals surface area contributed by atoms with Crippen molar-refractivity contribution < 1.29 is 13.2 Å². The molecule has 1 aromatic rings. The lowest BCUT2D eigenvalue weighted by molar-refractivity contribution is -0.121. The van der Waals surface area contributed by atoms with Crippen molar-refractivity contribution in [3.8, 4) is 0 Å². The van der Waals surface area contributed by atoms with Gasteiger partial charge in [0.25, 0.3) is 10.0 Å². The first-order chi connectivity index (χ1) is 13.3. The van der Waals surface area contributed by atoms with Gasteiger partial charge in [-0.05, 0) is 98.8 Å². The zero-order valence-corrected chi connectivity index (χ0v) is 19.9. The van der Waals surface area contributed by atoms with E-state index >= 15 is 0 Å². The average molecular weight is 420 g/mol. The van der Waals surface area contributed by atoms with Gasteiger partial charge < -0.3 is 0 Å². The van der Waals surface area contributed by atoms with Gasteiger partial charge in [0.2, 0.25) is 5.91 Å². The van der Waals surface area contributed by atoms with E-state index in [0.717, 1.165) is 54.4 Å². The molecule has 1 unspecified atom stereocenters. The third kappa shape index (κ3) is 3.99. The van der Waals surface area contributed by atoms with Gasteiger partial charge in [-0.1, -0.05) is 33.3 Å². The van der Waals surface area contributed by atoms with Crippen LogP contribution >= 0.6 is 0 Å². The molecule has 3 rings (SSSR count). The number of aryl methyl sites for hydroxylation is 2. The zero-order chi connectivity index (χ0) is 21.8. The summed E-state index contributed by atoms with van der Waals surface area (Å²) in [6, 6.07) is 2.00. The number of hydrogen-bond donors (Lipinski definition) is 1. The van der Waals surface area contributed by atoms with E-state index in [2.05, 4.69) is 25.5 Å². The molecule has 1 aromatic carbocycles. The molecule has 0 heterocycles. The number of carbonyl (C=O) groups is 1. The first-order valence-electron chi connectivity index (χ1n) is 11.0. The average Bonchev–Trinajstić information content (AvgIpc) is 3.33. The molecule has 2 aliphatic carbocycles. The second-order valence-corrected chi connectivity index (χ2v) is 11.9. The van der Waals surface area contributed by atoms with E-state index in [1.165, 1.54) is 6.42 Å². The van der Waals surface area contributed by atoms with Crippen LogP contribution in [0.5, 0.6) is 0 Å². The van der Waals surface area contributed by atoms with Crippen molar-refractivity contribution >= 4 is 15.9 Å². The Hall–Kier alpha value is -1.36. The number of amides is 1. The Morgan fingerprint density at radius 2 is 1.62 bits per heavy atom. The van der Waals surface area contributed by atoms with Crippen LogP contribution in [0.1, 0.15) is 81.5 Å². The molecule has 4 nitrogen and oxygen atoms in total. The first-order valence-corrected chi connectivity index (χ1v) is 12.5. The van der Waals surface area contributed by atoms with Gasteiger partial charge in [0, 0.05) is 5.92 Å². The molecule has 0 aromatic heterocycles. The predicted octanol–water partition coefficient (Wildman–Crippen LogP) is 5.36. The summed E-state index contributed by atoms with van der Waals surface area (Å²) in [5.41, 5.74) is 3.69. The van der Waals surface area contributed by atoms with Crippen molar-refractivity contribution in [3.63, 3.8) is 0 Å². The van der Waals surface area contributed by atoms with Crippen LogP contribution < -0.4 is 4.72 Å². The van der Waals surface area contributed by atoms with Crippen LogP contribution in [-0.2, 0) is 14.8 Å². The van der Waals surface area contributed by atoms with Gasteiger partial charge in [-0.15, -0.1) is 0 Å². The second kappa shape index (κ2) is 7.40. The summed E-state index contributed by atoms with van der Waals surface area (Å²) in [7, 11) is -3.86. The topological polar surface area (TPSA) is 63.2 Å². The molecule has 0 bridgehead atoms. The minimum absolute atomic E-state index is 0.0343. The highest BCUT2D eigenvalue weighted by Gasteiger charge is 2.59. The lowest BCUT2D eigenvalue weighted by atomic mass is 9.66. The van der Waals surface area contributed by atoms with E-state index in [1.54, 1.807) is 0 Å². The SMILES string of the molecule is CCC(C)(C)C1CCC2(CC1)CC2C(=O)NS(=O)(=O)c1c(C)c(C)cc(C)c1C. The maximum Gasteiger partial charge on any atom is 0.264 e. The van der Waals surface area contributed by atoms with Crippen LogP contribution in [0.2, 0.25) is 0 Å². The number of nitrogens with one attached hydrogen (secondary N) is 1. The highest BCUT2D eigenvalue weighted by molar-refractivity contribution is 7.90. The molecule has 1 spiro atoms. The van der Waals surface area contributed by atoms with Gasteiger partial charge in [0.05, 0.1) is 4.90 Å². The van der Waals surface area contributed by atoms with Crippen molar-refractivity contribution in [2.45, 2.75) is 91.9 Å². The monoisotopic (exact) mass is 419 g/mol. The Labute approximate surface area is 176 Å². The third-order valence-electron chi connectivity index (χ3n) is 8.30. The Kier molecular flexibility index (Phi) is 5.70. The lowest BCUT2D eigenvalue weighted by Crippen LogP contribution is -2.35. The quantitative estimate of drug-likeness (QED) is 0.699. The Bertz CT molecular complexity index is 896. The molecule has 5 heteroatoms. The molecule has 0 aliphatic heterocycles. The second-order valence-electron chi connectivity index (χ2n) is 10.3. The third-order valence-corrected chi connectivity index (χ3v) is 9.92. The van der Waals surface area contributed by atoms with Gasteiger partial charge in [-0.3, -0.25) is 4.79 Å². The standard InChI is InChI=1S/C24H37NO3S/c1-8-23(6,7)19-9-11-24(12-10-19)14-20(24)22(26)25-29(27,28)21-17(4)15(2)13-16(3)18(21)5/h13,19-20H,8-12,14H2,1-7H3,(H,25,26). The van der Waals surface area contributed by atoms with E-state index < -0.39 is 10.0 Å². The van der Waals surface area contributed by atoms with E-state index in [0.29, 0.717) is 11.3 Å². The summed E-state index contributed by atoms with van der Waals surface area (Å²) in [4.78, 5) is 13.2. The molecule has 2 fully saturated rings. The fourth-order valence-electron chi connectivity index (χ4n) is 5.37. The van der Waals surface area contributed by atoms with Crippen molar-refractivity contribution in [1.29, 1.82) is 0 Å². The summed E-state index contributed by atoms with van der Waals surface area (Å²) >= 11 is 0. The number of hydrogen-bond acceptors (Lipinski definition) is 3. The molecule has 162 valence electrons. The Morgan fingerprint density at radius 1 is 1.10 bits per heavy atom. The molecule has 2 aliphatic rings. The summed E-state index contributed by atoms with van der Waals surface area (Å²) in [5.74, 6) is 0.234. The van der Waals surface area contributed by atoms with Crippen LogP contribution in [0, 0.1) is 50.4 Å². The first kappa shape index (κ1) is 22.3. The minimum Gasteiger partial charge on any atom is -0.274 e. The van der Waals surface area contributed by atoms with Crippen LogP contribution in [-0.4, -0.2) is 14.3 Å². The molecule has 0 saturated heterocycles. The van der Waals surface area contributed by atoms with Gasteiger partial charge in [-0.2, -0.15) is 0 Å². The van der Waals surface area contributed by atoms with E-state index in [-0.39, 0.29) is 22.1 Å². The number of rotatable bonds is 5. The van der Waals surface area contributed by atoms with Crippen molar-refractivity contribution in [2.24, 2.45) is 22.7 Å². The van der Waals surface area contributed by atoms with E-state index in [1.807, 2.05) is 33.8 Å². The lowest BCUT2D eigenvalue weighted by Gasteiger charge is -2.39. The molecule has 1 amide bonds. The van der Waals surface area contributed by atoms with Crippen LogP contribution in [0.3, 0.4) is 0 Å². The number of carbonyl (C=O) groups excluding carboxylic acids is 1. The Morgan fingerprint density at radius 3 is 2.10 bits per heavy atom. The minimum atomic E-state index is -3.86. The Balaban J connectivity index is 1.72. The predicted molar refractivity (Wildman–Crippen MR) is 117 cm³/mol. The maximum atomic E-state index is 13.1. The van der Waals surface area contributed by atoms with Gasteiger partial charge in [-0.25, -0.2) is 13.1 Å². The fraction of sp³-hybridized carbons (Fsp3) is 0.708. The molecule has 0 radical (unpaired) electrons. The van der Waals surface area contributed by atoms with Gasteiger partial charge in [0.15, 0.2) is 0 Å². The summed E-state index contributed by atoms with van der Waals surface area (Å²) in [6.45, 7) is 14.4. The highest BCUT2D eigenvalue weighted by atomic mass is 32.2. The van der Waals surface area contributed by atoms with Gasteiger partial charge in [0.1, 0.15) is 0 Å². The number of benzene rings is 1. The molecular weight excluding hydrogens is 382 g/mol. The maximum absolute atomic E-state index is 13.1. The fourth-order valence-corrected chi connectivity index (χ4v) is 7.01. The largest absolute Gasteiger partial charge is 0.274 e. The van der Waals surface area contributed by atoms with Crippen LogP contribution in [0.15, 0.2) is 11.0 Å². The van der Waals surface area contributed by atoms with E-state index in [9.17, 15) is 13.2 Å². The summed E-state index contributed by atoms with van der Waals surface area (Å²) in [6.07, 6.45) is 6.38. The van der Waals surface area contributed by atoms with Crippen LogP contribution in [0.4, 0.5) is 0 Å². The van der Waals surface area contributed by atoms with Crippen molar-refractivity contribution in [1.82, 2.24) is 4.72 Å². The molecule has 1 N–H and O–H groups in total. The highest BCUT2D eigenvalue weighted by Crippen LogP contribution is 2.63. The smallest absolute Gasteiger partial charge is 0.264 e. The van der Waals surface area contributed by atoms with Gasteiger partial charge >= 0.3 is 0 Å².